The van der Waals surface area contributed by atoms with Gasteiger partial charge in [-0.25, -0.2) is 0 Å². The molecule has 162 valence electrons. The van der Waals surface area contributed by atoms with E-state index < -0.39 is 11.9 Å². The molecule has 0 fully saturated rings. The summed E-state index contributed by atoms with van der Waals surface area (Å²) in [5.41, 5.74) is 2.03. The molecule has 2 heterocycles. The molecule has 0 aliphatic rings. The van der Waals surface area contributed by atoms with Crippen molar-refractivity contribution in [1.29, 1.82) is 0 Å². The molecule has 0 bridgehead atoms. The van der Waals surface area contributed by atoms with Crippen LogP contribution in [0.1, 0.15) is 39.2 Å². The molecule has 2 aromatic carbocycles. The van der Waals surface area contributed by atoms with Gasteiger partial charge in [0.25, 0.3) is 11.8 Å². The minimum absolute atomic E-state index is 0.190. The van der Waals surface area contributed by atoms with Crippen LogP contribution in [0.15, 0.2) is 82.6 Å². The third kappa shape index (κ3) is 5.09. The maximum atomic E-state index is 13.4. The van der Waals surface area contributed by atoms with Gasteiger partial charge in [-0.2, -0.15) is 0 Å². The van der Waals surface area contributed by atoms with Gasteiger partial charge in [-0.3, -0.25) is 9.59 Å². The normalized spacial score (nSPS) is 11.7. The van der Waals surface area contributed by atoms with Crippen molar-refractivity contribution in [3.63, 3.8) is 0 Å². The van der Waals surface area contributed by atoms with E-state index in [1.165, 1.54) is 4.90 Å². The van der Waals surface area contributed by atoms with Gasteiger partial charge in [0.05, 0.1) is 0 Å². The van der Waals surface area contributed by atoms with E-state index in [1.54, 1.807) is 24.4 Å². The molecule has 1 unspecified atom stereocenters. The van der Waals surface area contributed by atoms with Gasteiger partial charge in [-0.05, 0) is 41.7 Å². The van der Waals surface area contributed by atoms with Crippen LogP contribution in [0.5, 0.6) is 0 Å². The third-order valence-electron chi connectivity index (χ3n) is 4.94. The first kappa shape index (κ1) is 21.5. The average molecular weight is 447 g/mol. The molecule has 2 amide bonds. The lowest BCUT2D eigenvalue weighted by molar-refractivity contribution is -0.126. The van der Waals surface area contributed by atoms with Crippen LogP contribution in [0.3, 0.4) is 0 Å². The molecular weight excluding hydrogens is 424 g/mol. The van der Waals surface area contributed by atoms with Crippen molar-refractivity contribution in [2.24, 2.45) is 0 Å². The number of hydrogen-bond acceptors (Lipinski definition) is 6. The molecule has 1 N–H and O–H groups in total. The fourth-order valence-electron chi connectivity index (χ4n) is 3.37. The van der Waals surface area contributed by atoms with Crippen LogP contribution in [0.2, 0.25) is 0 Å². The number of nitrogens with one attached hydrogen (secondary N) is 1. The lowest BCUT2D eigenvalue weighted by Crippen LogP contribution is -2.43. The molecule has 4 aromatic rings. The van der Waals surface area contributed by atoms with Gasteiger partial charge in [-0.15, -0.1) is 5.10 Å². The van der Waals surface area contributed by atoms with E-state index in [4.69, 9.17) is 4.42 Å². The summed E-state index contributed by atoms with van der Waals surface area (Å²) in [7, 11) is 0. The van der Waals surface area contributed by atoms with Gasteiger partial charge in [0.1, 0.15) is 11.5 Å². The van der Waals surface area contributed by atoms with Crippen molar-refractivity contribution in [3.05, 3.63) is 107 Å². The van der Waals surface area contributed by atoms with Crippen molar-refractivity contribution in [2.75, 3.05) is 0 Å². The van der Waals surface area contributed by atoms with Crippen molar-refractivity contribution < 1.29 is 14.0 Å². The van der Waals surface area contributed by atoms with Gasteiger partial charge >= 0.3 is 0 Å². The molecule has 0 saturated carbocycles. The number of carbonyl (C=O) groups excluding carboxylic acids is 2. The number of carbonyl (C=O) groups is 2. The van der Waals surface area contributed by atoms with Crippen LogP contribution in [0.25, 0.3) is 0 Å². The summed E-state index contributed by atoms with van der Waals surface area (Å²) in [4.78, 5) is 28.3. The molecular formula is C24H22N4O3S. The van der Waals surface area contributed by atoms with Crippen LogP contribution >= 0.6 is 11.5 Å². The molecule has 1 atom stereocenters. The second-order valence-electron chi connectivity index (χ2n) is 7.26. The van der Waals surface area contributed by atoms with Crippen LogP contribution in [0.4, 0.5) is 0 Å². The van der Waals surface area contributed by atoms with E-state index in [9.17, 15) is 9.59 Å². The Morgan fingerprint density at radius 3 is 2.28 bits per heavy atom. The number of furan rings is 1. The minimum Gasteiger partial charge on any atom is -0.464 e. The molecule has 7 nitrogen and oxygen atoms in total. The maximum absolute atomic E-state index is 13.4. The van der Waals surface area contributed by atoms with Gasteiger partial charge in [-0.1, -0.05) is 65.2 Å². The molecule has 4 rings (SSSR count). The summed E-state index contributed by atoms with van der Waals surface area (Å²) in [5, 5.41) is 8.45. The number of hydrogen-bond donors (Lipinski definition) is 1. The van der Waals surface area contributed by atoms with Crippen molar-refractivity contribution in [2.45, 2.75) is 26.1 Å². The first-order valence-electron chi connectivity index (χ1n) is 10.1. The summed E-state index contributed by atoms with van der Waals surface area (Å²) in [6.07, 6.45) is 0. The predicted octanol–water partition coefficient (Wildman–Crippen LogP) is 4.14. The number of benzene rings is 2. The zero-order valence-corrected chi connectivity index (χ0v) is 18.3. The Balaban J connectivity index is 1.68. The number of aryl methyl sites for hydroxylation is 1. The highest BCUT2D eigenvalue weighted by molar-refractivity contribution is 7.03. The molecule has 0 saturated heterocycles. The molecule has 0 spiro atoms. The lowest BCUT2D eigenvalue weighted by Gasteiger charge is -2.29. The Labute approximate surface area is 189 Å². The highest BCUT2D eigenvalue weighted by Gasteiger charge is 2.35. The second kappa shape index (κ2) is 10.0. The van der Waals surface area contributed by atoms with E-state index in [0.717, 1.165) is 22.7 Å². The number of nitrogens with zero attached hydrogens (tertiary/aromatic N) is 3. The van der Waals surface area contributed by atoms with Gasteiger partial charge in [0, 0.05) is 18.5 Å². The van der Waals surface area contributed by atoms with E-state index in [-0.39, 0.29) is 18.1 Å². The summed E-state index contributed by atoms with van der Waals surface area (Å²) >= 11 is 1.09. The van der Waals surface area contributed by atoms with Crippen molar-refractivity contribution in [3.8, 4) is 0 Å². The fraction of sp³-hybridized carbons (Fsp3) is 0.167. The van der Waals surface area contributed by atoms with E-state index in [1.807, 2.05) is 60.7 Å². The number of amides is 2. The highest BCUT2D eigenvalue weighted by Crippen LogP contribution is 2.27. The fourth-order valence-corrected chi connectivity index (χ4v) is 3.80. The maximum Gasteiger partial charge on any atom is 0.276 e. The Hall–Kier alpha value is -3.78. The predicted molar refractivity (Wildman–Crippen MR) is 121 cm³/mol. The molecule has 0 aliphatic heterocycles. The van der Waals surface area contributed by atoms with E-state index in [2.05, 4.69) is 14.9 Å². The molecule has 0 aliphatic carbocycles. The average Bonchev–Trinajstić information content (AvgIpc) is 3.50. The zero-order valence-electron chi connectivity index (χ0n) is 17.5. The summed E-state index contributed by atoms with van der Waals surface area (Å²) in [5.74, 6) is 0.316. The zero-order chi connectivity index (χ0) is 22.3. The smallest absolute Gasteiger partial charge is 0.276 e. The highest BCUT2D eigenvalue weighted by atomic mass is 32.1. The number of rotatable bonds is 8. The van der Waals surface area contributed by atoms with Crippen molar-refractivity contribution >= 4 is 23.3 Å². The van der Waals surface area contributed by atoms with Crippen molar-refractivity contribution in [1.82, 2.24) is 19.8 Å². The first-order valence-corrected chi connectivity index (χ1v) is 11.0. The van der Waals surface area contributed by atoms with Crippen LogP contribution < -0.4 is 5.32 Å². The van der Waals surface area contributed by atoms with Gasteiger partial charge in [0.15, 0.2) is 11.7 Å². The Kier molecular flexibility index (Phi) is 6.72. The van der Waals surface area contributed by atoms with Crippen LogP contribution in [0, 0.1) is 6.92 Å². The molecule has 0 radical (unpaired) electrons. The molecule has 2 aromatic heterocycles. The quantitative estimate of drug-likeness (QED) is 0.439. The number of aromatic nitrogens is 2. The lowest BCUT2D eigenvalue weighted by atomic mass is 10.1. The van der Waals surface area contributed by atoms with Crippen LogP contribution in [-0.4, -0.2) is 26.3 Å². The van der Waals surface area contributed by atoms with E-state index >= 15 is 0 Å². The largest absolute Gasteiger partial charge is 0.464 e. The first-order chi connectivity index (χ1) is 15.6. The monoisotopic (exact) mass is 446 g/mol. The third-order valence-corrected chi connectivity index (χ3v) is 5.44. The summed E-state index contributed by atoms with van der Waals surface area (Å²) < 4.78 is 9.63. The van der Waals surface area contributed by atoms with Gasteiger partial charge < -0.3 is 14.6 Å². The minimum atomic E-state index is -0.971. The SMILES string of the molecule is Cc1ccc(C(C(=O)NCc2ccccc2)N(Cc2ccccc2)C(=O)c2csnn2)o1. The second-order valence-corrected chi connectivity index (χ2v) is 7.87. The molecule has 32 heavy (non-hydrogen) atoms. The topological polar surface area (TPSA) is 88.3 Å². The summed E-state index contributed by atoms with van der Waals surface area (Å²) in [6, 6.07) is 21.6. The van der Waals surface area contributed by atoms with Crippen LogP contribution in [-0.2, 0) is 17.9 Å². The van der Waals surface area contributed by atoms with Gasteiger partial charge in [0.2, 0.25) is 0 Å². The Morgan fingerprint density at radius 1 is 1.00 bits per heavy atom. The van der Waals surface area contributed by atoms with E-state index in [0.29, 0.717) is 18.1 Å². The summed E-state index contributed by atoms with van der Waals surface area (Å²) in [6.45, 7) is 2.35. The molecule has 8 heteroatoms. The Bertz CT molecular complexity index is 1160. The Morgan fingerprint density at radius 2 is 1.69 bits per heavy atom. The standard InChI is InChI=1S/C24H22N4O3S/c1-17-12-13-21(31-17)22(23(29)25-14-18-8-4-2-5-9-18)28(15-19-10-6-3-7-11-19)24(30)20-16-32-27-26-20/h2-13,16,22H,14-15H2,1H3,(H,25,29).